The first-order chi connectivity index (χ1) is 11.9. The second-order valence-corrected chi connectivity index (χ2v) is 6.14. The molecule has 0 N–H and O–H groups in total. The minimum absolute atomic E-state index is 0.200. The summed E-state index contributed by atoms with van der Waals surface area (Å²) in [6.45, 7) is 4.52. The van der Waals surface area contributed by atoms with E-state index in [1.165, 1.54) is 6.07 Å². The summed E-state index contributed by atoms with van der Waals surface area (Å²) in [6, 6.07) is 2.38. The standard InChI is InChI=1S/C16H19F3N4O2/c1-11-21-15(25-22-11)9-23-6-3-12(4-7-23)10-24-13-2-5-20-14(8-13)16(17,18)19/h2,5,8,12H,3-4,6-7,9-10H2,1H3. The highest BCUT2D eigenvalue weighted by Crippen LogP contribution is 2.29. The first kappa shape index (κ1) is 17.7. The number of aryl methyl sites for hydroxylation is 1. The Labute approximate surface area is 143 Å². The quantitative estimate of drug-likeness (QED) is 0.820. The maximum atomic E-state index is 12.6. The fourth-order valence-corrected chi connectivity index (χ4v) is 2.78. The first-order valence-electron chi connectivity index (χ1n) is 8.08. The summed E-state index contributed by atoms with van der Waals surface area (Å²) in [7, 11) is 0. The molecule has 9 heteroatoms. The molecule has 0 saturated carbocycles. The van der Waals surface area contributed by atoms with Crippen molar-refractivity contribution >= 4 is 0 Å². The highest BCUT2D eigenvalue weighted by molar-refractivity contribution is 5.24. The van der Waals surface area contributed by atoms with Crippen molar-refractivity contribution in [3.05, 3.63) is 35.7 Å². The molecule has 1 saturated heterocycles. The predicted molar refractivity (Wildman–Crippen MR) is 81.8 cm³/mol. The molecular weight excluding hydrogens is 337 g/mol. The fourth-order valence-electron chi connectivity index (χ4n) is 2.78. The molecule has 1 fully saturated rings. The molecule has 0 aliphatic carbocycles. The topological polar surface area (TPSA) is 64.3 Å². The van der Waals surface area contributed by atoms with Crippen molar-refractivity contribution in [1.82, 2.24) is 20.0 Å². The van der Waals surface area contributed by atoms with Gasteiger partial charge < -0.3 is 9.26 Å². The van der Waals surface area contributed by atoms with Crippen LogP contribution in [0.5, 0.6) is 5.75 Å². The van der Waals surface area contributed by atoms with E-state index in [1.807, 2.05) is 0 Å². The van der Waals surface area contributed by atoms with Crippen LogP contribution >= 0.6 is 0 Å². The molecule has 0 bridgehead atoms. The summed E-state index contributed by atoms with van der Waals surface area (Å²) in [5.74, 6) is 1.73. The minimum Gasteiger partial charge on any atom is -0.493 e. The second kappa shape index (κ2) is 7.38. The van der Waals surface area contributed by atoms with Gasteiger partial charge in [0.05, 0.1) is 13.2 Å². The van der Waals surface area contributed by atoms with Crippen molar-refractivity contribution in [3.8, 4) is 5.75 Å². The lowest BCUT2D eigenvalue weighted by Crippen LogP contribution is -2.35. The smallest absolute Gasteiger partial charge is 0.433 e. The molecule has 3 heterocycles. The molecule has 0 unspecified atom stereocenters. The third-order valence-electron chi connectivity index (χ3n) is 4.14. The number of nitrogens with zero attached hydrogens (tertiary/aromatic N) is 4. The van der Waals surface area contributed by atoms with Crippen LogP contribution in [0.1, 0.15) is 30.3 Å². The van der Waals surface area contributed by atoms with Gasteiger partial charge >= 0.3 is 6.18 Å². The summed E-state index contributed by atoms with van der Waals surface area (Å²) in [4.78, 5) is 9.73. The monoisotopic (exact) mass is 356 g/mol. The number of pyridine rings is 1. The summed E-state index contributed by atoms with van der Waals surface area (Å²) >= 11 is 0. The van der Waals surface area contributed by atoms with E-state index in [-0.39, 0.29) is 5.75 Å². The van der Waals surface area contributed by atoms with Crippen molar-refractivity contribution in [2.75, 3.05) is 19.7 Å². The molecule has 6 nitrogen and oxygen atoms in total. The average molecular weight is 356 g/mol. The molecule has 2 aromatic rings. The largest absolute Gasteiger partial charge is 0.493 e. The number of piperidine rings is 1. The third kappa shape index (κ3) is 4.91. The molecule has 0 amide bonds. The molecule has 1 aliphatic rings. The van der Waals surface area contributed by atoms with Gasteiger partial charge in [0, 0.05) is 12.3 Å². The van der Waals surface area contributed by atoms with Gasteiger partial charge in [0.1, 0.15) is 11.4 Å². The van der Waals surface area contributed by atoms with Crippen LogP contribution in [0.4, 0.5) is 13.2 Å². The van der Waals surface area contributed by atoms with E-state index in [0.29, 0.717) is 30.8 Å². The van der Waals surface area contributed by atoms with Gasteiger partial charge in [-0.05, 0) is 44.8 Å². The van der Waals surface area contributed by atoms with E-state index in [1.54, 1.807) is 6.92 Å². The Morgan fingerprint density at radius 3 is 2.72 bits per heavy atom. The minimum atomic E-state index is -4.46. The zero-order valence-electron chi connectivity index (χ0n) is 13.8. The van der Waals surface area contributed by atoms with Gasteiger partial charge in [-0.2, -0.15) is 18.2 Å². The van der Waals surface area contributed by atoms with Crippen LogP contribution in [0.3, 0.4) is 0 Å². The highest BCUT2D eigenvalue weighted by Gasteiger charge is 2.32. The van der Waals surface area contributed by atoms with Crippen molar-refractivity contribution in [2.45, 2.75) is 32.5 Å². The Balaban J connectivity index is 1.45. The molecule has 0 aromatic carbocycles. The van der Waals surface area contributed by atoms with Crippen LogP contribution in [0.2, 0.25) is 0 Å². The van der Waals surface area contributed by atoms with Gasteiger partial charge in [0.15, 0.2) is 5.82 Å². The maximum absolute atomic E-state index is 12.6. The van der Waals surface area contributed by atoms with E-state index in [9.17, 15) is 13.2 Å². The molecule has 0 radical (unpaired) electrons. The molecular formula is C16H19F3N4O2. The Morgan fingerprint density at radius 2 is 2.08 bits per heavy atom. The van der Waals surface area contributed by atoms with Crippen LogP contribution in [-0.4, -0.2) is 39.7 Å². The molecule has 3 rings (SSSR count). The molecule has 2 aromatic heterocycles. The van der Waals surface area contributed by atoms with Crippen LogP contribution in [0.25, 0.3) is 0 Å². The number of halogens is 3. The van der Waals surface area contributed by atoms with Gasteiger partial charge in [0.2, 0.25) is 5.89 Å². The number of alkyl halides is 3. The third-order valence-corrected chi connectivity index (χ3v) is 4.14. The Hall–Kier alpha value is -2.16. The summed E-state index contributed by atoms with van der Waals surface area (Å²) < 4.78 is 48.6. The van der Waals surface area contributed by atoms with Crippen LogP contribution in [-0.2, 0) is 12.7 Å². The maximum Gasteiger partial charge on any atom is 0.433 e. The molecule has 0 atom stereocenters. The van der Waals surface area contributed by atoms with Crippen LogP contribution in [0.15, 0.2) is 22.9 Å². The Morgan fingerprint density at radius 1 is 1.32 bits per heavy atom. The molecule has 0 spiro atoms. The molecule has 136 valence electrons. The fraction of sp³-hybridized carbons (Fsp3) is 0.562. The normalized spacial score (nSPS) is 17.0. The number of hydrogen-bond acceptors (Lipinski definition) is 6. The number of ether oxygens (including phenoxy) is 1. The summed E-state index contributed by atoms with van der Waals surface area (Å²) in [5.41, 5.74) is -0.935. The zero-order valence-corrected chi connectivity index (χ0v) is 13.8. The number of rotatable bonds is 5. The average Bonchev–Trinajstić information content (AvgIpc) is 2.99. The van der Waals surface area contributed by atoms with E-state index >= 15 is 0 Å². The van der Waals surface area contributed by atoms with E-state index in [0.717, 1.165) is 38.2 Å². The lowest BCUT2D eigenvalue weighted by Gasteiger charge is -2.30. The first-order valence-corrected chi connectivity index (χ1v) is 8.08. The summed E-state index contributed by atoms with van der Waals surface area (Å²) in [6.07, 6.45) is -1.53. The number of likely N-dealkylation sites (tertiary alicyclic amines) is 1. The van der Waals surface area contributed by atoms with Crippen molar-refractivity contribution in [2.24, 2.45) is 5.92 Å². The van der Waals surface area contributed by atoms with Gasteiger partial charge in [-0.25, -0.2) is 0 Å². The number of hydrogen-bond donors (Lipinski definition) is 0. The van der Waals surface area contributed by atoms with Gasteiger partial charge in [-0.15, -0.1) is 0 Å². The van der Waals surface area contributed by atoms with Crippen molar-refractivity contribution in [1.29, 1.82) is 0 Å². The molecule has 25 heavy (non-hydrogen) atoms. The van der Waals surface area contributed by atoms with Gasteiger partial charge in [-0.1, -0.05) is 5.16 Å². The van der Waals surface area contributed by atoms with E-state index in [2.05, 4.69) is 20.0 Å². The lowest BCUT2D eigenvalue weighted by molar-refractivity contribution is -0.141. The van der Waals surface area contributed by atoms with Crippen LogP contribution < -0.4 is 4.74 Å². The predicted octanol–water partition coefficient (Wildman–Crippen LogP) is 3.08. The molecule has 1 aliphatic heterocycles. The highest BCUT2D eigenvalue weighted by atomic mass is 19.4. The van der Waals surface area contributed by atoms with E-state index in [4.69, 9.17) is 9.26 Å². The van der Waals surface area contributed by atoms with Crippen molar-refractivity contribution < 1.29 is 22.4 Å². The number of aromatic nitrogens is 3. The van der Waals surface area contributed by atoms with Crippen LogP contribution in [0, 0.1) is 12.8 Å². The zero-order chi connectivity index (χ0) is 17.9. The van der Waals surface area contributed by atoms with Gasteiger partial charge in [-0.3, -0.25) is 9.88 Å². The van der Waals surface area contributed by atoms with Crippen molar-refractivity contribution in [3.63, 3.8) is 0 Å². The van der Waals surface area contributed by atoms with Gasteiger partial charge in [0.25, 0.3) is 0 Å². The SMILES string of the molecule is Cc1noc(CN2CCC(COc3ccnc(C(F)(F)F)c3)CC2)n1. The Bertz CT molecular complexity index is 697. The lowest BCUT2D eigenvalue weighted by atomic mass is 9.98. The Kier molecular flexibility index (Phi) is 5.22. The van der Waals surface area contributed by atoms with E-state index < -0.39 is 11.9 Å². The second-order valence-electron chi connectivity index (χ2n) is 6.14. The summed E-state index contributed by atoms with van der Waals surface area (Å²) in [5, 5.41) is 3.77.